The lowest BCUT2D eigenvalue weighted by atomic mass is 10.0. The minimum atomic E-state index is -0.264. The van der Waals surface area contributed by atoms with Crippen molar-refractivity contribution >= 4 is 16.8 Å². The van der Waals surface area contributed by atoms with Crippen molar-refractivity contribution in [1.82, 2.24) is 9.97 Å². The van der Waals surface area contributed by atoms with Gasteiger partial charge in [-0.15, -0.1) is 0 Å². The molecule has 4 N–H and O–H groups in total. The van der Waals surface area contributed by atoms with Gasteiger partial charge in [-0.05, 0) is 31.5 Å². The molecule has 0 saturated carbocycles. The summed E-state index contributed by atoms with van der Waals surface area (Å²) in [5, 5.41) is 0. The number of hydrogen-bond donors (Lipinski definition) is 3. The molecule has 1 aromatic carbocycles. The molecular weight excluding hydrogens is 218 g/mol. The average Bonchev–Trinajstić information content (AvgIpc) is 2.64. The molecule has 1 unspecified atom stereocenters. The molecule has 2 rings (SSSR count). The van der Waals surface area contributed by atoms with Gasteiger partial charge in [-0.1, -0.05) is 0 Å². The Morgan fingerprint density at radius 2 is 2.06 bits per heavy atom. The summed E-state index contributed by atoms with van der Waals surface area (Å²) in [6.07, 6.45) is 1.10. The molecule has 0 amide bonds. The number of ketones is 1. The molecule has 0 radical (unpaired) electrons. The van der Waals surface area contributed by atoms with Gasteiger partial charge in [0.25, 0.3) is 0 Å². The smallest absolute Gasteiger partial charge is 0.323 e. The van der Waals surface area contributed by atoms with Crippen LogP contribution in [0.3, 0.4) is 0 Å². The van der Waals surface area contributed by atoms with Crippen molar-refractivity contribution in [3.05, 3.63) is 34.2 Å². The Balaban J connectivity index is 2.23. The van der Waals surface area contributed by atoms with Crippen LogP contribution in [0.5, 0.6) is 0 Å². The number of rotatable bonds is 4. The second-order valence-electron chi connectivity index (χ2n) is 4.28. The minimum Gasteiger partial charge on any atom is -0.328 e. The number of Topliss-reactive ketones (excluding diaryl/α,β-unsaturated/α-hetero) is 1. The van der Waals surface area contributed by atoms with Crippen LogP contribution < -0.4 is 11.4 Å². The molecule has 0 fully saturated rings. The Bertz CT molecular complexity index is 595. The van der Waals surface area contributed by atoms with Crippen molar-refractivity contribution < 1.29 is 4.79 Å². The Hall–Kier alpha value is -1.88. The van der Waals surface area contributed by atoms with Crippen LogP contribution in [0.25, 0.3) is 11.0 Å². The van der Waals surface area contributed by atoms with E-state index in [1.54, 1.807) is 18.2 Å². The van der Waals surface area contributed by atoms with Crippen molar-refractivity contribution in [2.75, 3.05) is 0 Å². The van der Waals surface area contributed by atoms with E-state index in [0.717, 1.165) is 0 Å². The molecule has 0 spiro atoms. The molecule has 0 saturated heterocycles. The summed E-state index contributed by atoms with van der Waals surface area (Å²) >= 11 is 0. The molecule has 2 aromatic rings. The molecule has 1 aromatic heterocycles. The van der Waals surface area contributed by atoms with Crippen molar-refractivity contribution in [3.8, 4) is 0 Å². The van der Waals surface area contributed by atoms with Gasteiger partial charge in [0.1, 0.15) is 0 Å². The number of imidazole rings is 1. The summed E-state index contributed by atoms with van der Waals surface area (Å²) in [7, 11) is 0. The van der Waals surface area contributed by atoms with E-state index in [2.05, 4.69) is 9.97 Å². The third kappa shape index (κ3) is 2.62. The first kappa shape index (κ1) is 11.6. The molecule has 17 heavy (non-hydrogen) atoms. The van der Waals surface area contributed by atoms with Crippen LogP contribution in [0.1, 0.15) is 30.1 Å². The van der Waals surface area contributed by atoms with Gasteiger partial charge >= 0.3 is 5.69 Å². The number of aromatic amines is 2. The second-order valence-corrected chi connectivity index (χ2v) is 4.28. The Kier molecular flexibility index (Phi) is 3.10. The van der Waals surface area contributed by atoms with Crippen LogP contribution in [-0.2, 0) is 0 Å². The SMILES string of the molecule is CC(N)CCC(=O)c1ccc2[nH]c(=O)[nH]c2c1. The molecule has 0 aliphatic carbocycles. The van der Waals surface area contributed by atoms with Crippen molar-refractivity contribution in [3.63, 3.8) is 0 Å². The highest BCUT2D eigenvalue weighted by molar-refractivity contribution is 5.98. The molecule has 1 heterocycles. The number of nitrogens with one attached hydrogen (secondary N) is 2. The van der Waals surface area contributed by atoms with E-state index >= 15 is 0 Å². The monoisotopic (exact) mass is 233 g/mol. The van der Waals surface area contributed by atoms with Crippen LogP contribution in [0.2, 0.25) is 0 Å². The number of carbonyl (C=O) groups excluding carboxylic acids is 1. The van der Waals surface area contributed by atoms with Crippen LogP contribution >= 0.6 is 0 Å². The zero-order chi connectivity index (χ0) is 12.4. The first-order chi connectivity index (χ1) is 8.06. The third-order valence-electron chi connectivity index (χ3n) is 2.66. The van der Waals surface area contributed by atoms with Crippen LogP contribution in [-0.4, -0.2) is 21.8 Å². The molecular formula is C12H15N3O2. The van der Waals surface area contributed by atoms with Crippen molar-refractivity contribution in [2.24, 2.45) is 5.73 Å². The number of carbonyl (C=O) groups is 1. The Morgan fingerprint density at radius 3 is 2.76 bits per heavy atom. The molecule has 0 bridgehead atoms. The molecule has 0 aliphatic heterocycles. The summed E-state index contributed by atoms with van der Waals surface area (Å²) < 4.78 is 0. The van der Waals surface area contributed by atoms with Gasteiger partial charge in [0, 0.05) is 18.0 Å². The van der Waals surface area contributed by atoms with Gasteiger partial charge < -0.3 is 15.7 Å². The van der Waals surface area contributed by atoms with Crippen LogP contribution in [0.4, 0.5) is 0 Å². The maximum atomic E-state index is 11.8. The van der Waals surface area contributed by atoms with Gasteiger partial charge in [-0.2, -0.15) is 0 Å². The molecule has 5 heteroatoms. The Morgan fingerprint density at radius 1 is 1.35 bits per heavy atom. The molecule has 0 aliphatic rings. The number of H-pyrrole nitrogens is 2. The first-order valence-electron chi connectivity index (χ1n) is 5.57. The topological polar surface area (TPSA) is 91.7 Å². The lowest BCUT2D eigenvalue weighted by molar-refractivity contribution is 0.0978. The van der Waals surface area contributed by atoms with Gasteiger partial charge in [-0.25, -0.2) is 4.79 Å². The van der Waals surface area contributed by atoms with Gasteiger partial charge in [-0.3, -0.25) is 4.79 Å². The lowest BCUT2D eigenvalue weighted by Gasteiger charge is -2.04. The zero-order valence-electron chi connectivity index (χ0n) is 9.62. The Labute approximate surface area is 98.0 Å². The van der Waals surface area contributed by atoms with Gasteiger partial charge in [0.15, 0.2) is 5.78 Å². The van der Waals surface area contributed by atoms with Crippen molar-refractivity contribution in [2.45, 2.75) is 25.8 Å². The van der Waals surface area contributed by atoms with E-state index in [1.165, 1.54) is 0 Å². The number of aromatic nitrogens is 2. The fraction of sp³-hybridized carbons (Fsp3) is 0.333. The first-order valence-corrected chi connectivity index (χ1v) is 5.57. The summed E-state index contributed by atoms with van der Waals surface area (Å²) in [6.45, 7) is 1.88. The van der Waals surface area contributed by atoms with E-state index in [0.29, 0.717) is 29.4 Å². The third-order valence-corrected chi connectivity index (χ3v) is 2.66. The zero-order valence-corrected chi connectivity index (χ0v) is 9.62. The lowest BCUT2D eigenvalue weighted by Crippen LogP contribution is -2.16. The largest absolute Gasteiger partial charge is 0.328 e. The highest BCUT2D eigenvalue weighted by Gasteiger charge is 2.08. The fourth-order valence-electron chi connectivity index (χ4n) is 1.71. The van der Waals surface area contributed by atoms with Gasteiger partial charge in [0.05, 0.1) is 11.0 Å². The van der Waals surface area contributed by atoms with Crippen LogP contribution in [0.15, 0.2) is 23.0 Å². The maximum absolute atomic E-state index is 11.8. The van der Waals surface area contributed by atoms with E-state index in [4.69, 9.17) is 5.73 Å². The quantitative estimate of drug-likeness (QED) is 0.692. The standard InChI is InChI=1S/C12H15N3O2/c1-7(13)2-5-11(16)8-3-4-9-10(6-8)15-12(17)14-9/h3-4,6-7H,2,5,13H2,1H3,(H2,14,15,17). The highest BCUT2D eigenvalue weighted by Crippen LogP contribution is 2.13. The number of nitrogens with two attached hydrogens (primary N) is 1. The fourth-order valence-corrected chi connectivity index (χ4v) is 1.71. The molecule has 1 atom stereocenters. The highest BCUT2D eigenvalue weighted by atomic mass is 16.1. The average molecular weight is 233 g/mol. The summed E-state index contributed by atoms with van der Waals surface area (Å²) in [5.74, 6) is 0.0475. The van der Waals surface area contributed by atoms with E-state index < -0.39 is 0 Å². The number of fused-ring (bicyclic) bond motifs is 1. The number of benzene rings is 1. The second kappa shape index (κ2) is 4.55. The molecule has 5 nitrogen and oxygen atoms in total. The predicted octanol–water partition coefficient (Wildman–Crippen LogP) is 1.17. The van der Waals surface area contributed by atoms with Crippen LogP contribution in [0, 0.1) is 0 Å². The van der Waals surface area contributed by atoms with Crippen molar-refractivity contribution in [1.29, 1.82) is 0 Å². The normalized spacial score (nSPS) is 12.8. The van der Waals surface area contributed by atoms with E-state index in [-0.39, 0.29) is 17.5 Å². The molecule has 90 valence electrons. The van der Waals surface area contributed by atoms with Gasteiger partial charge in [0.2, 0.25) is 0 Å². The predicted molar refractivity (Wildman–Crippen MR) is 66.1 cm³/mol. The maximum Gasteiger partial charge on any atom is 0.323 e. The van der Waals surface area contributed by atoms with E-state index in [1.807, 2.05) is 6.92 Å². The number of hydrogen-bond acceptors (Lipinski definition) is 3. The summed E-state index contributed by atoms with van der Waals surface area (Å²) in [6, 6.07) is 5.16. The van der Waals surface area contributed by atoms with E-state index in [9.17, 15) is 9.59 Å². The minimum absolute atomic E-state index is 0.0229. The summed E-state index contributed by atoms with van der Waals surface area (Å²) in [5.41, 5.74) is 7.31. The summed E-state index contributed by atoms with van der Waals surface area (Å²) in [4.78, 5) is 28.2.